The van der Waals surface area contributed by atoms with Gasteiger partial charge in [-0.1, -0.05) is 44.3 Å². The molecule has 9 nitrogen and oxygen atoms in total. The van der Waals surface area contributed by atoms with Crippen molar-refractivity contribution in [1.82, 2.24) is 24.5 Å². The maximum Gasteiger partial charge on any atom is 0.394 e. The number of aromatic nitrogens is 4. The number of nitrogens with zero attached hydrogens (tertiary/aromatic N) is 5. The van der Waals surface area contributed by atoms with Gasteiger partial charge in [0.2, 0.25) is 5.88 Å². The van der Waals surface area contributed by atoms with Crippen molar-refractivity contribution in [2.45, 2.75) is 82.1 Å². The number of hydrogen-bond acceptors (Lipinski definition) is 8. The molecule has 1 aliphatic carbocycles. The Labute approximate surface area is 276 Å². The predicted molar refractivity (Wildman–Crippen MR) is 173 cm³/mol. The fraction of sp³-hybridized carbons (Fsp3) is 0.516. The summed E-state index contributed by atoms with van der Waals surface area (Å²) in [5.41, 5.74) is -0.487. The van der Waals surface area contributed by atoms with Crippen LogP contribution in [-0.4, -0.2) is 51.7 Å². The number of nitriles is 1. The first-order valence-electron chi connectivity index (χ1n) is 15.3. The van der Waals surface area contributed by atoms with Gasteiger partial charge in [0, 0.05) is 36.7 Å². The third-order valence-corrected chi connectivity index (χ3v) is 10.1. The number of carbonyl (C=O) groups is 1. The lowest BCUT2D eigenvalue weighted by Crippen LogP contribution is -2.26. The normalized spacial score (nSPS) is 18.2. The molecule has 1 saturated heterocycles. The maximum atomic E-state index is 13.1. The van der Waals surface area contributed by atoms with Crippen LogP contribution in [0.4, 0.5) is 19.0 Å². The van der Waals surface area contributed by atoms with Gasteiger partial charge in [-0.25, -0.2) is 19.9 Å². The van der Waals surface area contributed by atoms with Crippen LogP contribution in [0.15, 0.2) is 41.6 Å². The topological polar surface area (TPSA) is 118 Å². The summed E-state index contributed by atoms with van der Waals surface area (Å²) in [6.45, 7) is 7.12. The number of hydrogen-bond donors (Lipinski definition) is 2. The second kappa shape index (κ2) is 13.7. The first-order chi connectivity index (χ1) is 21.8. The van der Waals surface area contributed by atoms with Crippen molar-refractivity contribution in [1.29, 1.82) is 5.26 Å². The molecule has 0 bridgehead atoms. The first kappa shape index (κ1) is 33.9. The summed E-state index contributed by atoms with van der Waals surface area (Å²) < 4.78 is 49.0. The van der Waals surface area contributed by atoms with E-state index in [2.05, 4.69) is 44.9 Å². The average molecular weight is 674 g/mol. The van der Waals surface area contributed by atoms with Gasteiger partial charge < -0.3 is 10.1 Å². The Balaban J connectivity index is 1.09. The van der Waals surface area contributed by atoms with Gasteiger partial charge in [0.25, 0.3) is 12.6 Å². The van der Waals surface area contributed by atoms with Crippen molar-refractivity contribution in [2.24, 2.45) is 11.3 Å². The lowest BCUT2D eigenvalue weighted by molar-refractivity contribution is -0.190. The van der Waals surface area contributed by atoms with Crippen LogP contribution in [0, 0.1) is 29.5 Å². The number of halogens is 4. The van der Waals surface area contributed by atoms with Crippen molar-refractivity contribution < 1.29 is 22.7 Å². The Hall–Kier alpha value is -3.44. The number of aryl methyl sites for hydroxylation is 1. The summed E-state index contributed by atoms with van der Waals surface area (Å²) >= 11 is 7.40. The molecule has 15 heteroatoms. The van der Waals surface area contributed by atoms with Crippen LogP contribution in [0.2, 0.25) is 16.8 Å². The molecule has 0 radical (unpaired) electrons. The molecule has 1 amide bonds. The molecule has 1 unspecified atom stereocenters. The van der Waals surface area contributed by atoms with Gasteiger partial charge in [-0.2, -0.15) is 13.2 Å². The van der Waals surface area contributed by atoms with Gasteiger partial charge in [0.05, 0.1) is 17.6 Å². The number of carbonyl (C=O) groups excluding carboxylic acids is 1. The molecule has 1 saturated carbocycles. The Kier molecular flexibility index (Phi) is 10.1. The number of amides is 1. The molecular formula is C31H36BClF3N7O2S. The van der Waals surface area contributed by atoms with Crippen molar-refractivity contribution in [3.8, 4) is 17.7 Å². The predicted octanol–water partition coefficient (Wildman–Crippen LogP) is 7.72. The molecule has 2 fully saturated rings. The van der Waals surface area contributed by atoms with Crippen molar-refractivity contribution in [2.75, 3.05) is 18.5 Å². The van der Waals surface area contributed by atoms with Crippen LogP contribution in [0.1, 0.15) is 68.3 Å². The van der Waals surface area contributed by atoms with Crippen molar-refractivity contribution >= 4 is 42.0 Å². The number of rotatable bonds is 13. The number of pyridine rings is 2. The molecule has 2 N–H and O–H groups in total. The van der Waals surface area contributed by atoms with E-state index < -0.39 is 17.5 Å². The minimum absolute atomic E-state index is 0.0413. The average Bonchev–Trinajstić information content (AvgIpc) is 3.56. The fourth-order valence-electron chi connectivity index (χ4n) is 5.98. The van der Waals surface area contributed by atoms with Gasteiger partial charge in [0.1, 0.15) is 16.0 Å². The van der Waals surface area contributed by atoms with E-state index in [1.165, 1.54) is 16.8 Å². The lowest BCUT2D eigenvalue weighted by Gasteiger charge is -2.19. The molecule has 0 spiro atoms. The number of nitrogens with one attached hydrogen (secondary N) is 2. The molecule has 244 valence electrons. The van der Waals surface area contributed by atoms with Crippen LogP contribution < -0.4 is 14.8 Å². The molecule has 5 rings (SSSR count). The van der Waals surface area contributed by atoms with Crippen molar-refractivity contribution in [3.63, 3.8) is 0 Å². The highest BCUT2D eigenvalue weighted by Gasteiger charge is 2.62. The first-order valence-corrected chi connectivity index (χ1v) is 16.5. The highest BCUT2D eigenvalue weighted by Crippen LogP contribution is 2.59. The van der Waals surface area contributed by atoms with Crippen LogP contribution in [-0.2, 0) is 0 Å². The zero-order valence-corrected chi connectivity index (χ0v) is 27.5. The minimum Gasteiger partial charge on any atom is -0.477 e. The number of ether oxygens (including phenoxy) is 1. The maximum absolute atomic E-state index is 13.1. The zero-order valence-electron chi connectivity index (χ0n) is 26.0. The lowest BCUT2D eigenvalue weighted by atomic mass is 9.37. The van der Waals surface area contributed by atoms with E-state index >= 15 is 0 Å². The second-order valence-corrected chi connectivity index (χ2v) is 14.1. The van der Waals surface area contributed by atoms with E-state index in [9.17, 15) is 23.2 Å². The molecule has 1 atom stereocenters. The number of anilines is 1. The van der Waals surface area contributed by atoms with Crippen LogP contribution in [0.25, 0.3) is 5.82 Å². The summed E-state index contributed by atoms with van der Waals surface area (Å²) in [4.78, 5) is 21.8. The summed E-state index contributed by atoms with van der Waals surface area (Å²) in [6, 6.07) is 8.36. The second-order valence-electron chi connectivity index (χ2n) is 12.9. The summed E-state index contributed by atoms with van der Waals surface area (Å²) in [6.07, 6.45) is 1.54. The van der Waals surface area contributed by atoms with Crippen molar-refractivity contribution in [3.05, 3.63) is 52.8 Å². The highest BCUT2D eigenvalue weighted by atomic mass is 35.5. The molecule has 2 aliphatic rings. The smallest absolute Gasteiger partial charge is 0.394 e. The molecule has 4 heterocycles. The summed E-state index contributed by atoms with van der Waals surface area (Å²) in [7, 11) is 0. The molecule has 3 aromatic heterocycles. The van der Waals surface area contributed by atoms with Crippen LogP contribution in [0.5, 0.6) is 5.88 Å². The third kappa shape index (κ3) is 7.92. The fourth-order valence-corrected chi connectivity index (χ4v) is 6.79. The number of alkyl halides is 3. The molecular weight excluding hydrogens is 638 g/mol. The highest BCUT2D eigenvalue weighted by molar-refractivity contribution is 7.97. The molecule has 1 aliphatic heterocycles. The van der Waals surface area contributed by atoms with E-state index in [1.54, 1.807) is 12.3 Å². The van der Waals surface area contributed by atoms with Crippen LogP contribution >= 0.6 is 23.5 Å². The Bertz CT molecular complexity index is 1610. The Morgan fingerprint density at radius 3 is 2.70 bits per heavy atom. The molecule has 3 aromatic rings. The van der Waals surface area contributed by atoms with Gasteiger partial charge in [-0.3, -0.25) is 9.52 Å². The van der Waals surface area contributed by atoms with Gasteiger partial charge in [-0.15, -0.1) is 5.10 Å². The standard InChI is InChI=1S/C31H36BClF3N7O2S/c1-20-6-9-25(40-27(20)38-14-4-5-21-17-29(2,3)32(18-21)19-37)46-42-28(44)22-7-8-23(39-26(22)33)43-15-10-24(41-43)45-16-13-30(11-12-30)31(34,35)36/h6-10,15,21H,4-5,11-14,16-18H2,1-3H3,(H,38,40)(H,42,44). The van der Waals surface area contributed by atoms with E-state index in [4.69, 9.17) is 16.3 Å². The van der Waals surface area contributed by atoms with Gasteiger partial charge in [-0.05, 0) is 74.0 Å². The minimum atomic E-state index is -4.22. The van der Waals surface area contributed by atoms with Gasteiger partial charge in [0.15, 0.2) is 5.82 Å². The van der Waals surface area contributed by atoms with E-state index in [1.807, 2.05) is 19.1 Å². The molecule has 46 heavy (non-hydrogen) atoms. The van der Waals surface area contributed by atoms with E-state index in [0.717, 1.165) is 55.5 Å². The van der Waals surface area contributed by atoms with Gasteiger partial charge >= 0.3 is 6.18 Å². The molecule has 0 aromatic carbocycles. The monoisotopic (exact) mass is 673 g/mol. The van der Waals surface area contributed by atoms with E-state index in [-0.39, 0.29) is 54.5 Å². The SMILES string of the molecule is Cc1ccc(SNC(=O)c2ccc(-n3ccc(OCCC4(C(F)(F)F)CC4)n3)nc2Cl)nc1NCCCC1CB(C#N)C(C)(C)C1. The zero-order chi connectivity index (χ0) is 33.1. The quantitative estimate of drug-likeness (QED) is 0.0820. The summed E-state index contributed by atoms with van der Waals surface area (Å²) in [5, 5.41) is 17.7. The Morgan fingerprint density at radius 2 is 2.02 bits per heavy atom. The largest absolute Gasteiger partial charge is 0.477 e. The third-order valence-electron chi connectivity index (χ3n) is 9.05. The summed E-state index contributed by atoms with van der Waals surface area (Å²) in [5.74, 6) is 3.81. The Morgan fingerprint density at radius 1 is 1.24 bits per heavy atom. The van der Waals surface area contributed by atoms with E-state index in [0.29, 0.717) is 16.8 Å². The van der Waals surface area contributed by atoms with Crippen LogP contribution in [0.3, 0.4) is 0 Å².